The molecule has 0 N–H and O–H groups in total. The molecule has 0 bridgehead atoms. The smallest absolute Gasteiger partial charge is 0.488 e. The molecule has 0 saturated heterocycles. The van der Waals surface area contributed by atoms with E-state index in [1.165, 1.54) is 57.8 Å². The largest absolute Gasteiger partial charge is 0.566 e. The minimum Gasteiger partial charge on any atom is -0.566 e. The van der Waals surface area contributed by atoms with Crippen molar-refractivity contribution in [1.82, 2.24) is 0 Å². The van der Waals surface area contributed by atoms with E-state index in [4.69, 9.17) is 4.52 Å². The molecular formula is C16H33O3P. The third-order valence-corrected chi connectivity index (χ3v) is 4.21. The Morgan fingerprint density at radius 2 is 1.20 bits per heavy atom. The van der Waals surface area contributed by atoms with Gasteiger partial charge in [-0.25, -0.2) is 0 Å². The average Bonchev–Trinajstić information content (AvgIpc) is 2.41. The van der Waals surface area contributed by atoms with Crippen LogP contribution in [-0.2, 0) is 9.09 Å². The van der Waals surface area contributed by atoms with Crippen LogP contribution in [0.4, 0.5) is 0 Å². The lowest BCUT2D eigenvalue weighted by atomic mass is 10.0. The summed E-state index contributed by atoms with van der Waals surface area (Å²) in [6.07, 6.45) is 15.2. The topological polar surface area (TPSA) is 49.4 Å². The second-order valence-corrected chi connectivity index (χ2v) is 6.37. The van der Waals surface area contributed by atoms with Gasteiger partial charge in [-0.1, -0.05) is 84.5 Å². The maximum atomic E-state index is 10.7. The summed E-state index contributed by atoms with van der Waals surface area (Å²) in [7, 11) is -2.70. The van der Waals surface area contributed by atoms with Crippen LogP contribution >= 0.6 is 8.25 Å². The zero-order chi connectivity index (χ0) is 15.1. The van der Waals surface area contributed by atoms with E-state index in [1.807, 2.05) is 0 Å². The molecule has 0 rings (SSSR count). The number of rotatable bonds is 15. The second kappa shape index (κ2) is 15.4. The van der Waals surface area contributed by atoms with Gasteiger partial charge in [0.1, 0.15) is 6.10 Å². The summed E-state index contributed by atoms with van der Waals surface area (Å²) in [6.45, 7) is 4.42. The first-order valence-corrected chi connectivity index (χ1v) is 9.61. The van der Waals surface area contributed by atoms with Gasteiger partial charge in [-0.2, -0.15) is 0 Å². The Morgan fingerprint density at radius 1 is 0.800 bits per heavy atom. The van der Waals surface area contributed by atoms with Crippen molar-refractivity contribution in [2.75, 3.05) is 0 Å². The maximum absolute atomic E-state index is 10.7. The number of unbranched alkanes of at least 4 members (excludes halogenated alkanes) is 9. The Morgan fingerprint density at radius 3 is 1.60 bits per heavy atom. The maximum Gasteiger partial charge on any atom is 0.488 e. The van der Waals surface area contributed by atoms with Crippen molar-refractivity contribution < 1.29 is 14.0 Å². The molecule has 0 amide bonds. The standard InChI is InChI=1S/C16H33O3P/c1-3-5-7-9-11-13-15-16(19-20(17)18)14-12-10-8-6-4-2/h16H,3-15H2,1-2H3. The summed E-state index contributed by atoms with van der Waals surface area (Å²) in [5, 5.41) is 0. The van der Waals surface area contributed by atoms with Gasteiger partial charge in [0.15, 0.2) is 0 Å². The third kappa shape index (κ3) is 14.4. The zero-order valence-electron chi connectivity index (χ0n) is 13.4. The van der Waals surface area contributed by atoms with Crippen LogP contribution in [0, 0.1) is 0 Å². The molecule has 0 radical (unpaired) electrons. The molecule has 0 aromatic rings. The van der Waals surface area contributed by atoms with Crippen LogP contribution in [0.25, 0.3) is 0 Å². The van der Waals surface area contributed by atoms with Gasteiger partial charge in [-0.05, 0) is 17.4 Å². The molecule has 120 valence electrons. The molecule has 2 unspecified atom stereocenters. The molecule has 0 aromatic heterocycles. The van der Waals surface area contributed by atoms with Gasteiger partial charge in [0, 0.05) is 0 Å². The molecule has 0 spiro atoms. The van der Waals surface area contributed by atoms with E-state index in [2.05, 4.69) is 13.8 Å². The molecule has 0 aliphatic heterocycles. The molecule has 2 atom stereocenters. The summed E-state index contributed by atoms with van der Waals surface area (Å²) in [4.78, 5) is 10.7. The van der Waals surface area contributed by atoms with Crippen LogP contribution in [0.3, 0.4) is 0 Å². The summed E-state index contributed by atoms with van der Waals surface area (Å²) in [6, 6.07) is 0. The van der Waals surface area contributed by atoms with E-state index < -0.39 is 8.25 Å². The SMILES string of the molecule is CCCCCCCCC(CCCCCCC)O[P+](=O)[O-]. The molecule has 4 heteroatoms. The average molecular weight is 304 g/mol. The van der Waals surface area contributed by atoms with Gasteiger partial charge < -0.3 is 4.89 Å². The van der Waals surface area contributed by atoms with Crippen LogP contribution in [0.5, 0.6) is 0 Å². The van der Waals surface area contributed by atoms with Crippen molar-refractivity contribution in [3.63, 3.8) is 0 Å². The minimum absolute atomic E-state index is 0.0797. The van der Waals surface area contributed by atoms with Gasteiger partial charge in [-0.15, -0.1) is 4.52 Å². The molecular weight excluding hydrogens is 271 g/mol. The van der Waals surface area contributed by atoms with Crippen molar-refractivity contribution in [1.29, 1.82) is 0 Å². The Labute approximate surface area is 126 Å². The van der Waals surface area contributed by atoms with Crippen molar-refractivity contribution in [2.24, 2.45) is 0 Å². The highest BCUT2D eigenvalue weighted by molar-refractivity contribution is 7.30. The molecule has 0 aliphatic rings. The minimum atomic E-state index is -2.70. The quantitative estimate of drug-likeness (QED) is 0.296. The predicted molar refractivity (Wildman–Crippen MR) is 83.8 cm³/mol. The van der Waals surface area contributed by atoms with Crippen LogP contribution < -0.4 is 4.89 Å². The Kier molecular flexibility index (Phi) is 15.4. The fourth-order valence-corrected chi connectivity index (χ4v) is 2.95. The normalized spacial score (nSPS) is 13.4. The Hall–Kier alpha value is 0.0200. The number of hydrogen-bond donors (Lipinski definition) is 0. The lowest BCUT2D eigenvalue weighted by Crippen LogP contribution is -2.11. The highest BCUT2D eigenvalue weighted by atomic mass is 31.1. The fourth-order valence-electron chi connectivity index (χ4n) is 2.50. The van der Waals surface area contributed by atoms with Gasteiger partial charge in [0.25, 0.3) is 0 Å². The Bertz CT molecular complexity index is 222. The summed E-state index contributed by atoms with van der Waals surface area (Å²) in [5.74, 6) is 0. The summed E-state index contributed by atoms with van der Waals surface area (Å²) in [5.41, 5.74) is 0. The first-order valence-electron chi connectivity index (χ1n) is 8.51. The molecule has 0 aliphatic carbocycles. The van der Waals surface area contributed by atoms with Crippen molar-refractivity contribution in [3.8, 4) is 0 Å². The van der Waals surface area contributed by atoms with Crippen molar-refractivity contribution >= 4 is 8.25 Å². The Balaban J connectivity index is 3.65. The lowest BCUT2D eigenvalue weighted by molar-refractivity contribution is -0.189. The van der Waals surface area contributed by atoms with Gasteiger partial charge in [0.2, 0.25) is 0 Å². The monoisotopic (exact) mass is 304 g/mol. The lowest BCUT2D eigenvalue weighted by Gasteiger charge is -2.11. The van der Waals surface area contributed by atoms with E-state index in [1.54, 1.807) is 0 Å². The highest BCUT2D eigenvalue weighted by Crippen LogP contribution is 2.23. The first kappa shape index (κ1) is 20.0. The summed E-state index contributed by atoms with van der Waals surface area (Å²) >= 11 is 0. The van der Waals surface area contributed by atoms with Crippen LogP contribution in [0.15, 0.2) is 0 Å². The molecule has 0 aromatic carbocycles. The van der Waals surface area contributed by atoms with E-state index in [-0.39, 0.29) is 6.10 Å². The fraction of sp³-hybridized carbons (Fsp3) is 1.00. The van der Waals surface area contributed by atoms with Gasteiger partial charge in [0.05, 0.1) is 0 Å². The van der Waals surface area contributed by atoms with Crippen LogP contribution in [-0.4, -0.2) is 6.10 Å². The van der Waals surface area contributed by atoms with E-state index in [0.717, 1.165) is 25.7 Å². The van der Waals surface area contributed by atoms with Crippen molar-refractivity contribution in [3.05, 3.63) is 0 Å². The second-order valence-electron chi connectivity index (χ2n) is 5.71. The van der Waals surface area contributed by atoms with Crippen LogP contribution in [0.1, 0.15) is 97.3 Å². The molecule has 0 heterocycles. The highest BCUT2D eigenvalue weighted by Gasteiger charge is 2.16. The van der Waals surface area contributed by atoms with Gasteiger partial charge >= 0.3 is 8.25 Å². The van der Waals surface area contributed by atoms with Gasteiger partial charge in [-0.3, -0.25) is 0 Å². The summed E-state index contributed by atoms with van der Waals surface area (Å²) < 4.78 is 15.8. The molecule has 0 fully saturated rings. The molecule has 3 nitrogen and oxygen atoms in total. The van der Waals surface area contributed by atoms with Crippen molar-refractivity contribution in [2.45, 2.75) is 103 Å². The van der Waals surface area contributed by atoms with E-state index in [0.29, 0.717) is 0 Å². The van der Waals surface area contributed by atoms with E-state index in [9.17, 15) is 9.46 Å². The zero-order valence-corrected chi connectivity index (χ0v) is 14.3. The third-order valence-electron chi connectivity index (χ3n) is 3.74. The number of hydrogen-bond acceptors (Lipinski definition) is 3. The van der Waals surface area contributed by atoms with Crippen LogP contribution in [0.2, 0.25) is 0 Å². The predicted octanol–water partition coefficient (Wildman–Crippen LogP) is 5.50. The molecule has 0 saturated carbocycles. The first-order chi connectivity index (χ1) is 9.70. The van der Waals surface area contributed by atoms with E-state index >= 15 is 0 Å². The molecule has 20 heavy (non-hydrogen) atoms.